The van der Waals surface area contributed by atoms with E-state index in [9.17, 15) is 0 Å². The van der Waals surface area contributed by atoms with Crippen LogP contribution in [0.5, 0.6) is 5.75 Å². The van der Waals surface area contributed by atoms with Crippen LogP contribution in [0.3, 0.4) is 0 Å². The highest BCUT2D eigenvalue weighted by Crippen LogP contribution is 2.30. The van der Waals surface area contributed by atoms with Gasteiger partial charge in [0, 0.05) is 17.5 Å². The fraction of sp³-hybridized carbons (Fsp3) is 0.222. The minimum absolute atomic E-state index is 0.573. The van der Waals surface area contributed by atoms with Gasteiger partial charge in [-0.3, -0.25) is 4.98 Å². The van der Waals surface area contributed by atoms with Crippen molar-refractivity contribution in [2.24, 2.45) is 0 Å². The second-order valence-corrected chi connectivity index (χ2v) is 6.32. The number of anilines is 1. The zero-order valence-corrected chi connectivity index (χ0v) is 13.8. The highest BCUT2D eigenvalue weighted by Gasteiger charge is 2.13. The molecule has 0 bridgehead atoms. The number of nitrogens with zero attached hydrogens (tertiary/aromatic N) is 2. The van der Waals surface area contributed by atoms with Crippen molar-refractivity contribution in [1.82, 2.24) is 9.97 Å². The maximum Gasteiger partial charge on any atom is 0.180 e. The molecule has 3 aromatic rings. The fourth-order valence-corrected chi connectivity index (χ4v) is 3.18. The first kappa shape index (κ1) is 15.5. The fourth-order valence-electron chi connectivity index (χ4n) is 2.30. The lowest BCUT2D eigenvalue weighted by atomic mass is 10.1. The molecule has 2 heterocycles. The van der Waals surface area contributed by atoms with Crippen molar-refractivity contribution in [2.45, 2.75) is 19.8 Å². The van der Waals surface area contributed by atoms with Gasteiger partial charge in [0.25, 0.3) is 0 Å². The lowest BCUT2D eigenvalue weighted by Gasteiger charge is -2.06. The van der Waals surface area contributed by atoms with Crippen molar-refractivity contribution < 1.29 is 4.74 Å². The lowest BCUT2D eigenvalue weighted by molar-refractivity contribution is 0.317. The first-order chi connectivity index (χ1) is 11.3. The van der Waals surface area contributed by atoms with Crippen LogP contribution in [0.4, 0.5) is 5.13 Å². The molecule has 0 aliphatic heterocycles. The maximum absolute atomic E-state index is 5.91. The van der Waals surface area contributed by atoms with Crippen LogP contribution in [-0.4, -0.2) is 16.6 Å². The zero-order chi connectivity index (χ0) is 16.1. The van der Waals surface area contributed by atoms with Gasteiger partial charge in [0.05, 0.1) is 12.3 Å². The standard InChI is InChI=1S/C18H19N3OS/c1-2-11-22-14-8-6-13(7-9-14)12-16-17(21-18(19)23-16)15-5-3-4-10-20-15/h3-10H,2,11-12H2,1H3,(H2,19,21). The Morgan fingerprint density at radius 1 is 1.13 bits per heavy atom. The molecule has 0 aliphatic carbocycles. The second kappa shape index (κ2) is 7.24. The first-order valence-corrected chi connectivity index (χ1v) is 8.46. The van der Waals surface area contributed by atoms with Crippen LogP contribution in [0.15, 0.2) is 48.7 Å². The number of benzene rings is 1. The average molecular weight is 325 g/mol. The summed E-state index contributed by atoms with van der Waals surface area (Å²) in [5.74, 6) is 0.907. The Balaban J connectivity index is 1.80. The molecule has 3 rings (SSSR count). The van der Waals surface area contributed by atoms with Gasteiger partial charge in [-0.05, 0) is 36.2 Å². The Hall–Kier alpha value is -2.40. The van der Waals surface area contributed by atoms with Crippen LogP contribution in [-0.2, 0) is 6.42 Å². The molecule has 0 amide bonds. The maximum atomic E-state index is 5.91. The number of thiazole rings is 1. The van der Waals surface area contributed by atoms with Gasteiger partial charge >= 0.3 is 0 Å². The van der Waals surface area contributed by atoms with Crippen LogP contribution in [0, 0.1) is 0 Å². The Bertz CT molecular complexity index is 754. The van der Waals surface area contributed by atoms with Gasteiger partial charge in [0.2, 0.25) is 0 Å². The summed E-state index contributed by atoms with van der Waals surface area (Å²) in [4.78, 5) is 9.95. The van der Waals surface area contributed by atoms with Crippen molar-refractivity contribution >= 4 is 16.5 Å². The first-order valence-electron chi connectivity index (χ1n) is 7.64. The molecule has 0 spiro atoms. The summed E-state index contributed by atoms with van der Waals surface area (Å²) in [6.45, 7) is 2.84. The highest BCUT2D eigenvalue weighted by atomic mass is 32.1. The normalized spacial score (nSPS) is 10.7. The van der Waals surface area contributed by atoms with E-state index >= 15 is 0 Å². The number of nitrogen functional groups attached to an aromatic ring is 1. The molecular formula is C18H19N3OS. The number of rotatable bonds is 6. The minimum atomic E-state index is 0.573. The van der Waals surface area contributed by atoms with Crippen molar-refractivity contribution in [3.63, 3.8) is 0 Å². The number of nitrogens with two attached hydrogens (primary N) is 1. The molecule has 0 atom stereocenters. The molecular weight excluding hydrogens is 306 g/mol. The average Bonchev–Trinajstić information content (AvgIpc) is 2.95. The Morgan fingerprint density at radius 2 is 1.96 bits per heavy atom. The molecule has 0 fully saturated rings. The summed E-state index contributed by atoms with van der Waals surface area (Å²) in [6.07, 6.45) is 3.57. The van der Waals surface area contributed by atoms with Crippen molar-refractivity contribution in [2.75, 3.05) is 12.3 Å². The number of hydrogen-bond acceptors (Lipinski definition) is 5. The minimum Gasteiger partial charge on any atom is -0.494 e. The van der Waals surface area contributed by atoms with E-state index in [1.807, 2.05) is 30.3 Å². The monoisotopic (exact) mass is 325 g/mol. The van der Waals surface area contributed by atoms with Crippen LogP contribution in [0.1, 0.15) is 23.8 Å². The van der Waals surface area contributed by atoms with E-state index < -0.39 is 0 Å². The molecule has 0 aliphatic rings. The third kappa shape index (κ3) is 3.87. The molecule has 5 heteroatoms. The highest BCUT2D eigenvalue weighted by molar-refractivity contribution is 7.15. The van der Waals surface area contributed by atoms with E-state index in [-0.39, 0.29) is 0 Å². The molecule has 2 aromatic heterocycles. The van der Waals surface area contributed by atoms with Crippen LogP contribution >= 0.6 is 11.3 Å². The zero-order valence-electron chi connectivity index (χ0n) is 13.0. The quantitative estimate of drug-likeness (QED) is 0.739. The summed E-state index contributed by atoms with van der Waals surface area (Å²) < 4.78 is 5.62. The van der Waals surface area contributed by atoms with Crippen molar-refractivity contribution in [3.05, 3.63) is 59.1 Å². The number of pyridine rings is 1. The van der Waals surface area contributed by atoms with Gasteiger partial charge in [-0.1, -0.05) is 25.1 Å². The van der Waals surface area contributed by atoms with Gasteiger partial charge in [0.1, 0.15) is 11.4 Å². The summed E-state index contributed by atoms with van der Waals surface area (Å²) in [7, 11) is 0. The van der Waals surface area contributed by atoms with E-state index in [0.29, 0.717) is 5.13 Å². The molecule has 118 valence electrons. The van der Waals surface area contributed by atoms with E-state index in [0.717, 1.165) is 41.5 Å². The van der Waals surface area contributed by atoms with Crippen molar-refractivity contribution in [3.8, 4) is 17.1 Å². The summed E-state index contributed by atoms with van der Waals surface area (Å²) in [5, 5.41) is 0.573. The third-order valence-corrected chi connectivity index (χ3v) is 4.27. The van der Waals surface area contributed by atoms with Gasteiger partial charge in [-0.2, -0.15) is 0 Å². The molecule has 0 saturated heterocycles. The molecule has 0 radical (unpaired) electrons. The molecule has 4 nitrogen and oxygen atoms in total. The van der Waals surface area contributed by atoms with E-state index in [2.05, 4.69) is 29.0 Å². The third-order valence-electron chi connectivity index (χ3n) is 3.38. The number of ether oxygens (including phenoxy) is 1. The topological polar surface area (TPSA) is 61.0 Å². The lowest BCUT2D eigenvalue weighted by Crippen LogP contribution is -1.95. The van der Waals surface area contributed by atoms with Crippen LogP contribution < -0.4 is 10.5 Å². The molecule has 0 saturated carbocycles. The predicted octanol–water partition coefficient (Wildman–Crippen LogP) is 4.17. The molecule has 1 aromatic carbocycles. The Labute approximate surface area is 140 Å². The number of aromatic nitrogens is 2. The van der Waals surface area contributed by atoms with Gasteiger partial charge < -0.3 is 10.5 Å². The van der Waals surface area contributed by atoms with E-state index in [1.54, 1.807) is 6.20 Å². The van der Waals surface area contributed by atoms with Crippen LogP contribution in [0.2, 0.25) is 0 Å². The van der Waals surface area contributed by atoms with Crippen LogP contribution in [0.25, 0.3) is 11.4 Å². The Morgan fingerprint density at radius 3 is 2.65 bits per heavy atom. The molecule has 23 heavy (non-hydrogen) atoms. The van der Waals surface area contributed by atoms with E-state index in [1.165, 1.54) is 16.9 Å². The molecule has 0 unspecified atom stereocenters. The van der Waals surface area contributed by atoms with Gasteiger partial charge in [-0.15, -0.1) is 11.3 Å². The Kier molecular flexibility index (Phi) is 4.88. The SMILES string of the molecule is CCCOc1ccc(Cc2sc(N)nc2-c2ccccn2)cc1. The van der Waals surface area contributed by atoms with Crippen molar-refractivity contribution in [1.29, 1.82) is 0 Å². The van der Waals surface area contributed by atoms with Gasteiger partial charge in [0.15, 0.2) is 5.13 Å². The number of hydrogen-bond donors (Lipinski definition) is 1. The predicted molar refractivity (Wildman–Crippen MR) is 94.8 cm³/mol. The van der Waals surface area contributed by atoms with E-state index in [4.69, 9.17) is 10.5 Å². The largest absolute Gasteiger partial charge is 0.494 e. The summed E-state index contributed by atoms with van der Waals surface area (Å²) in [6, 6.07) is 14.0. The smallest absolute Gasteiger partial charge is 0.180 e. The summed E-state index contributed by atoms with van der Waals surface area (Å²) >= 11 is 1.52. The summed E-state index contributed by atoms with van der Waals surface area (Å²) in [5.41, 5.74) is 8.85. The second-order valence-electron chi connectivity index (χ2n) is 5.21. The van der Waals surface area contributed by atoms with Gasteiger partial charge in [-0.25, -0.2) is 4.98 Å². The molecule has 2 N–H and O–H groups in total.